The molecule has 0 aliphatic rings. The lowest BCUT2D eigenvalue weighted by molar-refractivity contribution is 0.0544. The number of hydrogen-bond acceptors (Lipinski definition) is 5. The monoisotopic (exact) mass is 397 g/mol. The van der Waals surface area contributed by atoms with E-state index in [1.54, 1.807) is 39.8 Å². The maximum Gasteiger partial charge on any atom is 0.419 e. The van der Waals surface area contributed by atoms with Gasteiger partial charge in [-0.05, 0) is 60.6 Å². The number of hydrogen-bond donors (Lipinski definition) is 0. The lowest BCUT2D eigenvalue weighted by atomic mass is 10.2. The van der Waals surface area contributed by atoms with Gasteiger partial charge in [-0.15, -0.1) is 0 Å². The lowest BCUT2D eigenvalue weighted by Crippen LogP contribution is -2.27. The molecule has 0 spiro atoms. The Balaban J connectivity index is 2.43. The van der Waals surface area contributed by atoms with Crippen molar-refractivity contribution in [1.29, 1.82) is 0 Å². The maximum absolute atomic E-state index is 12.4. The number of carbonyl (C=O) groups is 1. The number of rotatable bonds is 2. The van der Waals surface area contributed by atoms with E-state index in [4.69, 9.17) is 16.3 Å². The highest BCUT2D eigenvalue weighted by molar-refractivity contribution is 7.91. The molecule has 2 aromatic rings. The molecule has 6 nitrogen and oxygen atoms in total. The fourth-order valence-corrected chi connectivity index (χ4v) is 2.89. The first-order valence-corrected chi connectivity index (χ1v) is 9.67. The summed E-state index contributed by atoms with van der Waals surface area (Å²) in [6.07, 6.45) is 0.958. The van der Waals surface area contributed by atoms with Crippen LogP contribution in [0.1, 0.15) is 54.2 Å². The highest BCUT2D eigenvalue weighted by Gasteiger charge is 2.27. The van der Waals surface area contributed by atoms with Gasteiger partial charge in [-0.2, -0.15) is 0 Å². The topological polar surface area (TPSA) is 79.5 Å². The Morgan fingerprint density at radius 1 is 1.27 bits per heavy atom. The van der Waals surface area contributed by atoms with Gasteiger partial charge in [-0.25, -0.2) is 14.3 Å². The molecule has 142 valence electrons. The van der Waals surface area contributed by atoms with Crippen LogP contribution in [-0.2, 0) is 16.1 Å². The van der Waals surface area contributed by atoms with Gasteiger partial charge in [-0.1, -0.05) is 16.0 Å². The van der Waals surface area contributed by atoms with E-state index in [9.17, 15) is 9.35 Å². The van der Waals surface area contributed by atoms with Crippen LogP contribution in [0.25, 0.3) is 11.0 Å². The van der Waals surface area contributed by atoms with E-state index in [-0.39, 0.29) is 0 Å². The van der Waals surface area contributed by atoms with Crippen molar-refractivity contribution < 1.29 is 14.1 Å². The third-order valence-electron chi connectivity index (χ3n) is 3.31. The summed E-state index contributed by atoms with van der Waals surface area (Å²) < 4.78 is 22.7. The number of aromatic nitrogens is 2. The van der Waals surface area contributed by atoms with Gasteiger partial charge in [0.05, 0.1) is 16.2 Å². The molecule has 0 bridgehead atoms. The van der Waals surface area contributed by atoms with Gasteiger partial charge in [0, 0.05) is 6.20 Å². The number of halogens is 1. The second-order valence-electron chi connectivity index (χ2n) is 7.93. The molecule has 26 heavy (non-hydrogen) atoms. The summed E-state index contributed by atoms with van der Waals surface area (Å²) in [4.78, 5) is 16.8. The molecule has 0 radical (unpaired) electrons. The van der Waals surface area contributed by atoms with Gasteiger partial charge in [0.1, 0.15) is 32.9 Å². The van der Waals surface area contributed by atoms with Crippen LogP contribution in [0.3, 0.4) is 0 Å². The van der Waals surface area contributed by atoms with Crippen LogP contribution >= 0.6 is 11.6 Å². The molecule has 2 rings (SSSR count). The van der Waals surface area contributed by atoms with Crippen molar-refractivity contribution in [1.82, 2.24) is 9.55 Å². The largest absolute Gasteiger partial charge is 0.591 e. The summed E-state index contributed by atoms with van der Waals surface area (Å²) in [5, 5.41) is 0.331. The van der Waals surface area contributed by atoms with Gasteiger partial charge in [0.2, 0.25) is 0 Å². The Kier molecular flexibility index (Phi) is 5.75. The molecule has 0 aliphatic carbocycles. The fourth-order valence-electron chi connectivity index (χ4n) is 2.04. The van der Waals surface area contributed by atoms with E-state index < -0.39 is 27.8 Å². The molecule has 1 atom stereocenters. The molecule has 0 aliphatic heterocycles. The second-order valence-corrected chi connectivity index (χ2v) is 10.2. The highest BCUT2D eigenvalue weighted by atomic mass is 35.5. The molecular weight excluding hydrogens is 374 g/mol. The van der Waals surface area contributed by atoms with Gasteiger partial charge in [-0.3, -0.25) is 0 Å². The SMILES string of the molecule is CC(=N[S@+]([O-])C(C)(C)C)c1ccc2c(n1)c(Cl)cn2C(=O)OC(C)(C)C. The Morgan fingerprint density at radius 2 is 1.88 bits per heavy atom. The Hall–Kier alpha value is -1.57. The summed E-state index contributed by atoms with van der Waals surface area (Å²) in [7, 11) is 0. The standard InChI is InChI=1S/C18H24ClN3O3S/c1-11(21-26(24)18(5,6)7)13-8-9-14-15(20-13)12(19)10-22(14)16(23)25-17(2,3)4/h8-10H,1-7H3/t26-/m1/s1. The predicted molar refractivity (Wildman–Crippen MR) is 106 cm³/mol. The number of pyridine rings is 1. The summed E-state index contributed by atoms with van der Waals surface area (Å²) in [5.41, 5.74) is 1.48. The van der Waals surface area contributed by atoms with E-state index >= 15 is 0 Å². The van der Waals surface area contributed by atoms with Crippen LogP contribution in [0, 0.1) is 0 Å². The van der Waals surface area contributed by atoms with Crippen molar-refractivity contribution in [2.75, 3.05) is 0 Å². The normalized spacial score (nSPS) is 14.6. The van der Waals surface area contributed by atoms with Crippen molar-refractivity contribution in [2.24, 2.45) is 4.40 Å². The number of nitrogens with zero attached hydrogens (tertiary/aromatic N) is 3. The molecular formula is C18H24ClN3O3S. The quantitative estimate of drug-likeness (QED) is 0.541. The third kappa shape index (κ3) is 4.78. The second kappa shape index (κ2) is 7.21. The molecule has 0 N–H and O–H groups in total. The molecule has 2 heterocycles. The number of ether oxygens (including phenoxy) is 1. The van der Waals surface area contributed by atoms with Crippen molar-refractivity contribution >= 4 is 45.8 Å². The first-order valence-electron chi connectivity index (χ1n) is 8.18. The predicted octanol–water partition coefficient (Wildman–Crippen LogP) is 4.74. The average molecular weight is 398 g/mol. The molecule has 0 saturated carbocycles. The summed E-state index contributed by atoms with van der Waals surface area (Å²) in [5.74, 6) is 0. The van der Waals surface area contributed by atoms with Gasteiger partial charge >= 0.3 is 6.09 Å². The molecule has 0 fully saturated rings. The van der Waals surface area contributed by atoms with E-state index in [2.05, 4.69) is 9.38 Å². The number of fused-ring (bicyclic) bond motifs is 1. The third-order valence-corrected chi connectivity index (χ3v) is 5.07. The zero-order valence-electron chi connectivity index (χ0n) is 16.1. The van der Waals surface area contributed by atoms with Crippen LogP contribution in [0.15, 0.2) is 22.7 Å². The lowest BCUT2D eigenvalue weighted by Gasteiger charge is -2.19. The minimum absolute atomic E-state index is 0.331. The Bertz CT molecular complexity index is 863. The van der Waals surface area contributed by atoms with Crippen LogP contribution in [-0.4, -0.2) is 36.3 Å². The molecule has 0 saturated heterocycles. The zero-order valence-corrected chi connectivity index (χ0v) is 17.7. The molecule has 0 unspecified atom stereocenters. The summed E-state index contributed by atoms with van der Waals surface area (Å²) >= 11 is 4.87. The number of carbonyl (C=O) groups excluding carboxylic acids is 1. The van der Waals surface area contributed by atoms with E-state index in [0.717, 1.165) is 0 Å². The molecule has 0 aromatic carbocycles. The Labute approximate surface area is 161 Å². The van der Waals surface area contributed by atoms with E-state index in [1.165, 1.54) is 10.8 Å². The van der Waals surface area contributed by atoms with Crippen molar-refractivity contribution in [2.45, 2.75) is 58.8 Å². The highest BCUT2D eigenvalue weighted by Crippen LogP contribution is 2.26. The summed E-state index contributed by atoms with van der Waals surface area (Å²) in [6.45, 7) is 12.7. The Morgan fingerprint density at radius 3 is 2.42 bits per heavy atom. The van der Waals surface area contributed by atoms with Gasteiger partial charge < -0.3 is 9.29 Å². The molecule has 2 aromatic heterocycles. The average Bonchev–Trinajstić information content (AvgIpc) is 2.81. The molecule has 0 amide bonds. The summed E-state index contributed by atoms with van der Waals surface area (Å²) in [6, 6.07) is 3.45. The minimum atomic E-state index is -1.38. The minimum Gasteiger partial charge on any atom is -0.591 e. The van der Waals surface area contributed by atoms with Gasteiger partial charge in [0.25, 0.3) is 0 Å². The first kappa shape index (κ1) is 20.7. The smallest absolute Gasteiger partial charge is 0.419 e. The van der Waals surface area contributed by atoms with Crippen molar-refractivity contribution in [3.8, 4) is 0 Å². The first-order chi connectivity index (χ1) is 11.8. The van der Waals surface area contributed by atoms with E-state index in [0.29, 0.717) is 27.5 Å². The van der Waals surface area contributed by atoms with Crippen LogP contribution in [0.5, 0.6) is 0 Å². The van der Waals surface area contributed by atoms with Gasteiger partial charge in [0.15, 0.2) is 0 Å². The van der Waals surface area contributed by atoms with Crippen LogP contribution < -0.4 is 0 Å². The van der Waals surface area contributed by atoms with Crippen LogP contribution in [0.4, 0.5) is 4.79 Å². The molecule has 8 heteroatoms. The van der Waals surface area contributed by atoms with E-state index in [1.807, 2.05) is 20.8 Å². The van der Waals surface area contributed by atoms with Crippen molar-refractivity contribution in [3.63, 3.8) is 0 Å². The fraction of sp³-hybridized carbons (Fsp3) is 0.500. The zero-order chi connectivity index (χ0) is 19.9. The van der Waals surface area contributed by atoms with Crippen LogP contribution in [0.2, 0.25) is 5.02 Å². The maximum atomic E-state index is 12.4. The van der Waals surface area contributed by atoms with Crippen molar-refractivity contribution in [3.05, 3.63) is 29.0 Å².